The van der Waals surface area contributed by atoms with Gasteiger partial charge in [0.05, 0.1) is 5.56 Å². The summed E-state index contributed by atoms with van der Waals surface area (Å²) < 4.78 is 16.0. The molecule has 0 saturated carbocycles. The van der Waals surface area contributed by atoms with Crippen molar-refractivity contribution in [2.75, 3.05) is 12.1 Å². The third-order valence-electron chi connectivity index (χ3n) is 4.44. The maximum atomic E-state index is 12.5. The van der Waals surface area contributed by atoms with E-state index in [4.69, 9.17) is 14.2 Å². The van der Waals surface area contributed by atoms with E-state index in [1.807, 2.05) is 0 Å². The van der Waals surface area contributed by atoms with Crippen LogP contribution in [0.15, 0.2) is 54.9 Å². The predicted octanol–water partition coefficient (Wildman–Crippen LogP) is 3.38. The number of imidazole rings is 1. The Morgan fingerprint density at radius 3 is 2.69 bits per heavy atom. The van der Waals surface area contributed by atoms with Gasteiger partial charge in [-0.05, 0) is 30.7 Å². The maximum absolute atomic E-state index is 12.5. The molecule has 2 N–H and O–H groups in total. The Balaban J connectivity index is 1.40. The zero-order chi connectivity index (χ0) is 20.2. The number of anilines is 1. The third kappa shape index (κ3) is 4.06. The van der Waals surface area contributed by atoms with E-state index in [0.29, 0.717) is 35.0 Å². The Morgan fingerprint density at radius 1 is 1.17 bits per heavy atom. The summed E-state index contributed by atoms with van der Waals surface area (Å²) in [5.41, 5.74) is 1.74. The average Bonchev–Trinajstić information content (AvgIpc) is 3.43. The first-order valence-corrected chi connectivity index (χ1v) is 9.15. The van der Waals surface area contributed by atoms with Crippen LogP contribution >= 0.6 is 0 Å². The number of H-pyrrole nitrogens is 1. The zero-order valence-corrected chi connectivity index (χ0v) is 15.7. The number of benzene rings is 2. The van der Waals surface area contributed by atoms with Crippen molar-refractivity contribution in [3.63, 3.8) is 0 Å². The number of esters is 1. The third-order valence-corrected chi connectivity index (χ3v) is 4.44. The van der Waals surface area contributed by atoms with E-state index in [0.717, 1.165) is 5.56 Å². The number of carbonyl (C=O) groups is 2. The Morgan fingerprint density at radius 2 is 1.97 bits per heavy atom. The second-order valence-electron chi connectivity index (χ2n) is 6.37. The quantitative estimate of drug-likeness (QED) is 0.623. The number of aromatic nitrogens is 2. The van der Waals surface area contributed by atoms with Crippen LogP contribution in [0.5, 0.6) is 11.5 Å². The highest BCUT2D eigenvalue weighted by Gasteiger charge is 2.23. The van der Waals surface area contributed by atoms with Crippen LogP contribution in [0, 0.1) is 0 Å². The minimum atomic E-state index is -0.919. The maximum Gasteiger partial charge on any atom is 0.338 e. The highest BCUT2D eigenvalue weighted by molar-refractivity contribution is 5.97. The van der Waals surface area contributed by atoms with Gasteiger partial charge in [0.2, 0.25) is 6.79 Å². The lowest BCUT2D eigenvalue weighted by Crippen LogP contribution is -2.32. The molecule has 1 aliphatic heterocycles. The van der Waals surface area contributed by atoms with Gasteiger partial charge >= 0.3 is 5.97 Å². The molecule has 1 atom stereocenters. The Bertz CT molecular complexity index is 1020. The van der Waals surface area contributed by atoms with Crippen LogP contribution in [0.1, 0.15) is 23.7 Å². The predicted molar refractivity (Wildman–Crippen MR) is 105 cm³/mol. The molecule has 0 bridgehead atoms. The minimum Gasteiger partial charge on any atom is -0.454 e. The second-order valence-corrected chi connectivity index (χ2v) is 6.37. The van der Waals surface area contributed by atoms with E-state index in [-0.39, 0.29) is 6.79 Å². The summed E-state index contributed by atoms with van der Waals surface area (Å²) in [6.07, 6.45) is 2.80. The molecule has 0 radical (unpaired) electrons. The Kier molecular flexibility index (Phi) is 5.15. The van der Waals surface area contributed by atoms with Crippen LogP contribution < -0.4 is 14.8 Å². The van der Waals surface area contributed by atoms with E-state index >= 15 is 0 Å². The van der Waals surface area contributed by atoms with Gasteiger partial charge in [0.25, 0.3) is 5.91 Å². The molecule has 0 saturated heterocycles. The van der Waals surface area contributed by atoms with Gasteiger partial charge in [-0.25, -0.2) is 9.78 Å². The molecule has 0 aliphatic carbocycles. The van der Waals surface area contributed by atoms with Crippen molar-refractivity contribution in [3.8, 4) is 22.9 Å². The minimum absolute atomic E-state index is 0.153. The molecular formula is C21H19N3O5. The molecule has 2 aromatic carbocycles. The molecule has 1 aromatic heterocycles. The number of aromatic amines is 1. The summed E-state index contributed by atoms with van der Waals surface area (Å²) in [6, 6.07) is 11.9. The molecule has 2 heterocycles. The molecule has 1 unspecified atom stereocenters. The normalized spacial score (nSPS) is 13.0. The number of nitrogens with zero attached hydrogens (tertiary/aromatic N) is 1. The largest absolute Gasteiger partial charge is 0.454 e. The van der Waals surface area contributed by atoms with Gasteiger partial charge in [-0.1, -0.05) is 19.1 Å². The molecule has 8 nitrogen and oxygen atoms in total. The second kappa shape index (κ2) is 8.05. The molecule has 0 spiro atoms. The summed E-state index contributed by atoms with van der Waals surface area (Å²) in [5, 5.41) is 2.74. The number of nitrogens with one attached hydrogen (secondary N) is 2. The summed E-state index contributed by atoms with van der Waals surface area (Å²) >= 11 is 0. The van der Waals surface area contributed by atoms with Crippen LogP contribution in [-0.2, 0) is 9.53 Å². The lowest BCUT2D eigenvalue weighted by molar-refractivity contribution is -0.124. The molecule has 1 aliphatic rings. The fourth-order valence-corrected chi connectivity index (χ4v) is 2.90. The van der Waals surface area contributed by atoms with Crippen LogP contribution in [0.2, 0.25) is 0 Å². The fourth-order valence-electron chi connectivity index (χ4n) is 2.90. The van der Waals surface area contributed by atoms with Gasteiger partial charge in [0.1, 0.15) is 5.82 Å². The Labute approximate surface area is 166 Å². The lowest BCUT2D eigenvalue weighted by Gasteiger charge is -2.16. The number of hydrogen-bond donors (Lipinski definition) is 2. The molecule has 29 heavy (non-hydrogen) atoms. The van der Waals surface area contributed by atoms with Gasteiger partial charge in [0.15, 0.2) is 17.6 Å². The first kappa shape index (κ1) is 18.5. The zero-order valence-electron chi connectivity index (χ0n) is 15.7. The SMILES string of the molecule is CCC(OC(=O)c1ccc(-c2ncc[nH]2)cc1)C(=O)Nc1ccc2c(c1)OCO2. The van der Waals surface area contributed by atoms with Gasteiger partial charge in [-0.3, -0.25) is 4.79 Å². The van der Waals surface area contributed by atoms with Crippen molar-refractivity contribution < 1.29 is 23.8 Å². The van der Waals surface area contributed by atoms with Crippen molar-refractivity contribution in [1.29, 1.82) is 0 Å². The first-order valence-electron chi connectivity index (χ1n) is 9.15. The van der Waals surface area contributed by atoms with E-state index < -0.39 is 18.0 Å². The van der Waals surface area contributed by atoms with E-state index in [1.54, 1.807) is 61.8 Å². The number of fused-ring (bicyclic) bond motifs is 1. The monoisotopic (exact) mass is 393 g/mol. The number of hydrogen-bond acceptors (Lipinski definition) is 6. The molecule has 4 rings (SSSR count). The van der Waals surface area contributed by atoms with Crippen molar-refractivity contribution in [2.24, 2.45) is 0 Å². The highest BCUT2D eigenvalue weighted by Crippen LogP contribution is 2.34. The van der Waals surface area contributed by atoms with Gasteiger partial charge < -0.3 is 24.5 Å². The molecular weight excluding hydrogens is 374 g/mol. The topological polar surface area (TPSA) is 103 Å². The standard InChI is InChI=1S/C21H19N3O5/c1-2-16(20(25)24-15-7-8-17-18(11-15)28-12-27-17)29-21(26)14-5-3-13(4-6-14)19-22-9-10-23-19/h3-11,16H,2,12H2,1H3,(H,22,23)(H,24,25). The summed E-state index contributed by atoms with van der Waals surface area (Å²) in [6.45, 7) is 1.93. The smallest absolute Gasteiger partial charge is 0.338 e. The number of carbonyl (C=O) groups excluding carboxylic acids is 2. The van der Waals surface area contributed by atoms with Gasteiger partial charge in [0, 0.05) is 29.7 Å². The fraction of sp³-hybridized carbons (Fsp3) is 0.190. The van der Waals surface area contributed by atoms with Crippen LogP contribution in [0.3, 0.4) is 0 Å². The van der Waals surface area contributed by atoms with Crippen LogP contribution in [0.4, 0.5) is 5.69 Å². The summed E-state index contributed by atoms with van der Waals surface area (Å²) in [5.74, 6) is 0.916. The molecule has 3 aromatic rings. The van der Waals surface area contributed by atoms with Gasteiger partial charge in [-0.15, -0.1) is 0 Å². The molecule has 1 amide bonds. The van der Waals surface area contributed by atoms with Crippen LogP contribution in [0.25, 0.3) is 11.4 Å². The Hall–Kier alpha value is -3.81. The number of rotatable bonds is 6. The van der Waals surface area contributed by atoms with Gasteiger partial charge in [-0.2, -0.15) is 0 Å². The lowest BCUT2D eigenvalue weighted by atomic mass is 10.1. The van der Waals surface area contributed by atoms with Crippen LogP contribution in [-0.4, -0.2) is 34.7 Å². The first-order chi connectivity index (χ1) is 14.1. The molecule has 148 valence electrons. The summed E-state index contributed by atoms with van der Waals surface area (Å²) in [7, 11) is 0. The summed E-state index contributed by atoms with van der Waals surface area (Å²) in [4.78, 5) is 32.2. The molecule has 8 heteroatoms. The molecule has 0 fully saturated rings. The van der Waals surface area contributed by atoms with E-state index in [1.165, 1.54) is 0 Å². The average molecular weight is 393 g/mol. The van der Waals surface area contributed by atoms with Crippen molar-refractivity contribution in [3.05, 3.63) is 60.4 Å². The van der Waals surface area contributed by atoms with Crippen molar-refractivity contribution in [1.82, 2.24) is 9.97 Å². The number of ether oxygens (including phenoxy) is 3. The highest BCUT2D eigenvalue weighted by atomic mass is 16.7. The van der Waals surface area contributed by atoms with E-state index in [9.17, 15) is 9.59 Å². The van der Waals surface area contributed by atoms with E-state index in [2.05, 4.69) is 15.3 Å². The van der Waals surface area contributed by atoms with Crippen molar-refractivity contribution >= 4 is 17.6 Å². The van der Waals surface area contributed by atoms with Crippen molar-refractivity contribution in [2.45, 2.75) is 19.4 Å². The number of amides is 1.